The third-order valence-corrected chi connectivity index (χ3v) is 7.05. The Labute approximate surface area is 150 Å². The molecule has 26 heavy (non-hydrogen) atoms. The summed E-state index contributed by atoms with van der Waals surface area (Å²) < 4.78 is 29.4. The van der Waals surface area contributed by atoms with Crippen molar-refractivity contribution in [3.8, 4) is 0 Å². The predicted molar refractivity (Wildman–Crippen MR) is 97.0 cm³/mol. The van der Waals surface area contributed by atoms with E-state index in [-0.39, 0.29) is 24.2 Å². The van der Waals surface area contributed by atoms with Crippen molar-refractivity contribution in [2.24, 2.45) is 5.92 Å². The zero-order valence-electron chi connectivity index (χ0n) is 14.8. The van der Waals surface area contributed by atoms with Crippen LogP contribution in [0, 0.1) is 5.92 Å². The number of piperidine rings is 1. The zero-order valence-corrected chi connectivity index (χ0v) is 15.6. The van der Waals surface area contributed by atoms with Gasteiger partial charge in [-0.25, -0.2) is 4.79 Å². The molecule has 0 radical (unpaired) electrons. The summed E-state index contributed by atoms with van der Waals surface area (Å²) in [5.41, 5.74) is 1.35. The molecule has 0 aliphatic carbocycles. The molecule has 0 amide bonds. The average Bonchev–Trinajstić information content (AvgIpc) is 3.18. The van der Waals surface area contributed by atoms with Gasteiger partial charge in [0.2, 0.25) is 0 Å². The molecule has 4 heterocycles. The van der Waals surface area contributed by atoms with Crippen LogP contribution in [0.5, 0.6) is 0 Å². The average molecular weight is 379 g/mol. The third-order valence-electron chi connectivity index (χ3n) is 5.14. The van der Waals surface area contributed by atoms with Crippen molar-refractivity contribution in [1.29, 1.82) is 0 Å². The van der Waals surface area contributed by atoms with Crippen molar-refractivity contribution in [3.05, 3.63) is 22.7 Å². The molecular formula is C15H21N7O3S. The molecule has 4 rings (SSSR count). The SMILES string of the molecule is C[C@@H]1CCN(S(=O)(=O)N(C)C)CC1n1c(=O)[nH]c2nnc3[nH]ccc3c21. The van der Waals surface area contributed by atoms with E-state index in [4.69, 9.17) is 0 Å². The number of fused-ring (bicyclic) bond motifs is 3. The van der Waals surface area contributed by atoms with Gasteiger partial charge in [0.25, 0.3) is 10.2 Å². The number of rotatable bonds is 3. The monoisotopic (exact) mass is 379 g/mol. The highest BCUT2D eigenvalue weighted by Crippen LogP contribution is 2.32. The molecule has 1 aliphatic heterocycles. The molecule has 2 atom stereocenters. The molecule has 11 heteroatoms. The van der Waals surface area contributed by atoms with Gasteiger partial charge >= 0.3 is 5.69 Å². The Hall–Kier alpha value is -2.24. The fraction of sp³-hybridized carbons (Fsp3) is 0.533. The summed E-state index contributed by atoms with van der Waals surface area (Å²) in [4.78, 5) is 18.4. The first-order valence-corrected chi connectivity index (χ1v) is 9.82. The van der Waals surface area contributed by atoms with Gasteiger partial charge in [-0.15, -0.1) is 10.2 Å². The van der Waals surface area contributed by atoms with Crippen molar-refractivity contribution in [2.45, 2.75) is 19.4 Å². The van der Waals surface area contributed by atoms with Crippen LogP contribution in [-0.4, -0.2) is 68.9 Å². The second kappa shape index (κ2) is 5.89. The molecule has 1 fully saturated rings. The maximum atomic E-state index is 12.7. The van der Waals surface area contributed by atoms with E-state index in [0.29, 0.717) is 29.8 Å². The summed E-state index contributed by atoms with van der Waals surface area (Å²) >= 11 is 0. The minimum absolute atomic E-state index is 0.141. The highest BCUT2D eigenvalue weighted by atomic mass is 32.2. The minimum atomic E-state index is -3.54. The van der Waals surface area contributed by atoms with Crippen molar-refractivity contribution in [2.75, 3.05) is 27.2 Å². The lowest BCUT2D eigenvalue weighted by Gasteiger charge is -2.37. The quantitative estimate of drug-likeness (QED) is 0.678. The number of hydrogen-bond acceptors (Lipinski definition) is 5. The molecule has 0 aromatic carbocycles. The lowest BCUT2D eigenvalue weighted by atomic mass is 9.94. The van der Waals surface area contributed by atoms with Crippen LogP contribution in [0.25, 0.3) is 22.2 Å². The van der Waals surface area contributed by atoms with Gasteiger partial charge in [0.15, 0.2) is 11.3 Å². The van der Waals surface area contributed by atoms with E-state index in [1.807, 2.05) is 13.0 Å². The van der Waals surface area contributed by atoms with Crippen LogP contribution < -0.4 is 5.69 Å². The first kappa shape index (κ1) is 17.2. The van der Waals surface area contributed by atoms with Crippen LogP contribution in [0.3, 0.4) is 0 Å². The topological polar surface area (TPSA) is 120 Å². The fourth-order valence-corrected chi connectivity index (χ4v) is 4.75. The zero-order chi connectivity index (χ0) is 18.6. The van der Waals surface area contributed by atoms with E-state index in [1.165, 1.54) is 22.7 Å². The first-order valence-electron chi connectivity index (χ1n) is 8.42. The molecule has 0 spiro atoms. The molecule has 3 aromatic heterocycles. The van der Waals surface area contributed by atoms with Crippen LogP contribution in [0.4, 0.5) is 0 Å². The van der Waals surface area contributed by atoms with Gasteiger partial charge in [0, 0.05) is 38.8 Å². The lowest BCUT2D eigenvalue weighted by molar-refractivity contribution is 0.195. The van der Waals surface area contributed by atoms with Crippen molar-refractivity contribution in [3.63, 3.8) is 0 Å². The molecule has 2 N–H and O–H groups in total. The Bertz CT molecular complexity index is 1130. The number of imidazole rings is 1. The van der Waals surface area contributed by atoms with Crippen LogP contribution in [-0.2, 0) is 10.2 Å². The predicted octanol–water partition coefficient (Wildman–Crippen LogP) is 0.290. The number of hydrogen-bond donors (Lipinski definition) is 2. The Morgan fingerprint density at radius 1 is 1.27 bits per heavy atom. The fourth-order valence-electron chi connectivity index (χ4n) is 3.61. The summed E-state index contributed by atoms with van der Waals surface area (Å²) in [6, 6.07) is 1.56. The minimum Gasteiger partial charge on any atom is -0.345 e. The first-order chi connectivity index (χ1) is 12.3. The van der Waals surface area contributed by atoms with Crippen LogP contribution in [0.1, 0.15) is 19.4 Å². The molecule has 10 nitrogen and oxygen atoms in total. The van der Waals surface area contributed by atoms with Gasteiger partial charge in [-0.2, -0.15) is 17.0 Å². The third kappa shape index (κ3) is 2.46. The number of nitrogens with zero attached hydrogens (tertiary/aromatic N) is 5. The lowest BCUT2D eigenvalue weighted by Crippen LogP contribution is -2.49. The smallest absolute Gasteiger partial charge is 0.328 e. The molecule has 1 unspecified atom stereocenters. The molecule has 0 saturated carbocycles. The number of aromatic amines is 2. The van der Waals surface area contributed by atoms with Crippen LogP contribution >= 0.6 is 0 Å². The van der Waals surface area contributed by atoms with Gasteiger partial charge < -0.3 is 4.98 Å². The van der Waals surface area contributed by atoms with E-state index in [0.717, 1.165) is 5.39 Å². The van der Waals surface area contributed by atoms with Crippen LogP contribution in [0.2, 0.25) is 0 Å². The number of H-pyrrole nitrogens is 2. The highest BCUT2D eigenvalue weighted by Gasteiger charge is 2.36. The van der Waals surface area contributed by atoms with Gasteiger partial charge in [-0.1, -0.05) is 6.92 Å². The molecule has 1 saturated heterocycles. The van der Waals surface area contributed by atoms with Crippen LogP contribution in [0.15, 0.2) is 17.1 Å². The Balaban J connectivity index is 1.87. The Kier molecular flexibility index (Phi) is 3.90. The van der Waals surface area contributed by atoms with E-state index < -0.39 is 10.2 Å². The van der Waals surface area contributed by atoms with Gasteiger partial charge in [0.1, 0.15) is 5.52 Å². The van der Waals surface area contributed by atoms with E-state index in [2.05, 4.69) is 20.2 Å². The van der Waals surface area contributed by atoms with Gasteiger partial charge in [-0.3, -0.25) is 9.55 Å². The van der Waals surface area contributed by atoms with Crippen molar-refractivity contribution < 1.29 is 8.42 Å². The second-order valence-corrected chi connectivity index (χ2v) is 9.06. The highest BCUT2D eigenvalue weighted by molar-refractivity contribution is 7.86. The Morgan fingerprint density at radius 2 is 2.00 bits per heavy atom. The molecule has 140 valence electrons. The van der Waals surface area contributed by atoms with Gasteiger partial charge in [0.05, 0.1) is 6.04 Å². The molecule has 0 bridgehead atoms. The number of aromatic nitrogens is 5. The molecule has 1 aliphatic rings. The van der Waals surface area contributed by atoms with Crippen molar-refractivity contribution in [1.82, 2.24) is 33.3 Å². The largest absolute Gasteiger partial charge is 0.345 e. The Morgan fingerprint density at radius 3 is 2.73 bits per heavy atom. The number of nitrogens with one attached hydrogen (secondary N) is 2. The molecule has 3 aromatic rings. The van der Waals surface area contributed by atoms with Gasteiger partial charge in [-0.05, 0) is 18.4 Å². The second-order valence-electron chi connectivity index (χ2n) is 6.92. The van der Waals surface area contributed by atoms with E-state index in [9.17, 15) is 13.2 Å². The summed E-state index contributed by atoms with van der Waals surface area (Å²) in [7, 11) is -0.512. The summed E-state index contributed by atoms with van der Waals surface area (Å²) in [6.07, 6.45) is 2.42. The maximum Gasteiger partial charge on any atom is 0.328 e. The summed E-state index contributed by atoms with van der Waals surface area (Å²) in [5.74, 6) is 0.141. The standard InChI is InChI=1S/C15H21N7O3S/c1-9-5-7-21(26(24,25)20(2)3)8-11(9)22-12-10-4-6-16-13(10)18-19-14(12)17-15(22)23/h4,6,9,11H,5,7-8H2,1-3H3,(H,16,18)(H,17,19,23)/t9-,11?/m1/s1. The normalized spacial score (nSPS) is 22.6. The van der Waals surface area contributed by atoms with Crippen molar-refractivity contribution >= 4 is 32.4 Å². The molecular weight excluding hydrogens is 358 g/mol. The summed E-state index contributed by atoms with van der Waals surface area (Å²) in [5, 5.41) is 8.93. The van der Waals surface area contributed by atoms with E-state index >= 15 is 0 Å². The summed E-state index contributed by atoms with van der Waals surface area (Å²) in [6.45, 7) is 2.72. The maximum absolute atomic E-state index is 12.7. The van der Waals surface area contributed by atoms with E-state index in [1.54, 1.807) is 10.8 Å².